The smallest absolute Gasteiger partial charge is 0.344 e. The molecule has 1 atom stereocenters. The van der Waals surface area contributed by atoms with Crippen LogP contribution in [0.2, 0.25) is 5.02 Å². The second kappa shape index (κ2) is 8.03. The summed E-state index contributed by atoms with van der Waals surface area (Å²) >= 11 is 5.75. The molecule has 0 radical (unpaired) electrons. The lowest BCUT2D eigenvalue weighted by atomic mass is 10.0. The molecule has 0 N–H and O–H groups in total. The van der Waals surface area contributed by atoms with Crippen LogP contribution >= 0.6 is 11.6 Å². The third kappa shape index (κ3) is 5.22. The molecule has 1 saturated heterocycles. The maximum absolute atomic E-state index is 12.0. The minimum atomic E-state index is -0.562. The van der Waals surface area contributed by atoms with E-state index in [4.69, 9.17) is 21.1 Å². The maximum atomic E-state index is 12.0. The highest BCUT2D eigenvalue weighted by molar-refractivity contribution is 6.30. The van der Waals surface area contributed by atoms with E-state index in [-0.39, 0.29) is 19.1 Å². The molecule has 0 aliphatic carbocycles. The Labute approximate surface area is 135 Å². The van der Waals surface area contributed by atoms with E-state index in [1.165, 1.54) is 0 Å². The first-order chi connectivity index (χ1) is 10.5. The number of nitrogens with zero attached hydrogens (tertiary/aromatic N) is 1. The van der Waals surface area contributed by atoms with Gasteiger partial charge in [-0.25, -0.2) is 4.79 Å². The molecule has 1 aliphatic heterocycles. The van der Waals surface area contributed by atoms with Gasteiger partial charge in [0, 0.05) is 18.1 Å². The van der Waals surface area contributed by atoms with Crippen LogP contribution in [0, 0.1) is 5.92 Å². The Kier molecular flexibility index (Phi) is 6.07. The van der Waals surface area contributed by atoms with E-state index in [1.807, 2.05) is 0 Å². The fourth-order valence-corrected chi connectivity index (χ4v) is 2.49. The molecule has 1 aromatic carbocycles. The van der Waals surface area contributed by atoms with Crippen LogP contribution in [0.25, 0.3) is 0 Å². The van der Waals surface area contributed by atoms with Gasteiger partial charge in [-0.2, -0.15) is 0 Å². The van der Waals surface area contributed by atoms with Crippen molar-refractivity contribution in [1.29, 1.82) is 0 Å². The standard InChI is InChI=1S/C16H20ClNO4/c1-12-3-2-8-18(9-12)15(19)10-22-16(20)11-21-14-6-4-13(17)5-7-14/h4-7,12H,2-3,8-11H2,1H3/t12-/m0/s1. The van der Waals surface area contributed by atoms with E-state index in [2.05, 4.69) is 6.92 Å². The Morgan fingerprint density at radius 2 is 2.00 bits per heavy atom. The fourth-order valence-electron chi connectivity index (χ4n) is 2.36. The van der Waals surface area contributed by atoms with Crippen molar-refractivity contribution in [2.45, 2.75) is 19.8 Å². The number of likely N-dealkylation sites (tertiary alicyclic amines) is 1. The Bertz CT molecular complexity index is 517. The van der Waals surface area contributed by atoms with Crippen molar-refractivity contribution in [2.24, 2.45) is 5.92 Å². The van der Waals surface area contributed by atoms with E-state index in [1.54, 1.807) is 29.2 Å². The van der Waals surface area contributed by atoms with E-state index >= 15 is 0 Å². The van der Waals surface area contributed by atoms with Crippen molar-refractivity contribution in [2.75, 3.05) is 26.3 Å². The predicted octanol–water partition coefficient (Wildman–Crippen LogP) is 2.52. The molecular weight excluding hydrogens is 306 g/mol. The summed E-state index contributed by atoms with van der Waals surface area (Å²) in [6.07, 6.45) is 2.14. The summed E-state index contributed by atoms with van der Waals surface area (Å²) in [5.41, 5.74) is 0. The summed E-state index contributed by atoms with van der Waals surface area (Å²) in [6.45, 7) is 3.13. The van der Waals surface area contributed by atoms with E-state index in [9.17, 15) is 9.59 Å². The van der Waals surface area contributed by atoms with Gasteiger partial charge in [-0.3, -0.25) is 4.79 Å². The number of ether oxygens (including phenoxy) is 2. The molecule has 1 aliphatic rings. The topological polar surface area (TPSA) is 55.8 Å². The van der Waals surface area contributed by atoms with Gasteiger partial charge in [0.1, 0.15) is 5.75 Å². The summed E-state index contributed by atoms with van der Waals surface area (Å²) in [4.78, 5) is 25.3. The van der Waals surface area contributed by atoms with Crippen LogP contribution in [0.3, 0.4) is 0 Å². The molecule has 1 heterocycles. The van der Waals surface area contributed by atoms with E-state index < -0.39 is 5.97 Å². The summed E-state index contributed by atoms with van der Waals surface area (Å²) in [7, 11) is 0. The first kappa shape index (κ1) is 16.6. The summed E-state index contributed by atoms with van der Waals surface area (Å²) in [5, 5.41) is 0.594. The van der Waals surface area contributed by atoms with Crippen molar-refractivity contribution in [1.82, 2.24) is 4.90 Å². The first-order valence-corrected chi connectivity index (χ1v) is 7.74. The zero-order valence-electron chi connectivity index (χ0n) is 12.6. The zero-order chi connectivity index (χ0) is 15.9. The van der Waals surface area contributed by atoms with Gasteiger partial charge in [-0.05, 0) is 43.0 Å². The van der Waals surface area contributed by atoms with Crippen LogP contribution < -0.4 is 4.74 Å². The minimum absolute atomic E-state index is 0.147. The highest BCUT2D eigenvalue weighted by atomic mass is 35.5. The highest BCUT2D eigenvalue weighted by Gasteiger charge is 2.21. The number of benzene rings is 1. The first-order valence-electron chi connectivity index (χ1n) is 7.36. The average Bonchev–Trinajstić information content (AvgIpc) is 2.52. The lowest BCUT2D eigenvalue weighted by Gasteiger charge is -2.30. The lowest BCUT2D eigenvalue weighted by molar-refractivity contribution is -0.154. The average molecular weight is 326 g/mol. The van der Waals surface area contributed by atoms with Gasteiger partial charge in [0.25, 0.3) is 5.91 Å². The van der Waals surface area contributed by atoms with Crippen LogP contribution in [0.4, 0.5) is 0 Å². The van der Waals surface area contributed by atoms with Crippen molar-refractivity contribution in [3.8, 4) is 5.75 Å². The van der Waals surface area contributed by atoms with Crippen molar-refractivity contribution >= 4 is 23.5 Å². The Morgan fingerprint density at radius 3 is 2.68 bits per heavy atom. The second-order valence-electron chi connectivity index (χ2n) is 5.49. The predicted molar refractivity (Wildman–Crippen MR) is 82.9 cm³/mol. The van der Waals surface area contributed by atoms with Gasteiger partial charge in [-0.15, -0.1) is 0 Å². The number of hydrogen-bond acceptors (Lipinski definition) is 4. The number of halogens is 1. The molecule has 0 unspecified atom stereocenters. The third-order valence-electron chi connectivity index (χ3n) is 3.54. The quantitative estimate of drug-likeness (QED) is 0.781. The van der Waals surface area contributed by atoms with E-state index in [0.29, 0.717) is 16.7 Å². The molecule has 5 nitrogen and oxygen atoms in total. The minimum Gasteiger partial charge on any atom is -0.482 e. The van der Waals surface area contributed by atoms with E-state index in [0.717, 1.165) is 25.9 Å². The number of hydrogen-bond donors (Lipinski definition) is 0. The summed E-state index contributed by atoms with van der Waals surface area (Å²) < 4.78 is 10.2. The van der Waals surface area contributed by atoms with Crippen molar-refractivity contribution < 1.29 is 19.1 Å². The number of rotatable bonds is 5. The van der Waals surface area contributed by atoms with Gasteiger partial charge in [0.15, 0.2) is 13.2 Å². The van der Waals surface area contributed by atoms with Gasteiger partial charge in [0.2, 0.25) is 0 Å². The van der Waals surface area contributed by atoms with Crippen molar-refractivity contribution in [3.05, 3.63) is 29.3 Å². The highest BCUT2D eigenvalue weighted by Crippen LogP contribution is 2.16. The molecule has 120 valence electrons. The molecule has 6 heteroatoms. The summed E-state index contributed by atoms with van der Waals surface area (Å²) in [5.74, 6) is 0.318. The molecule has 1 aromatic rings. The van der Waals surface area contributed by atoms with Gasteiger partial charge < -0.3 is 14.4 Å². The van der Waals surface area contributed by atoms with Crippen LogP contribution in [0.15, 0.2) is 24.3 Å². The third-order valence-corrected chi connectivity index (χ3v) is 3.79. The van der Waals surface area contributed by atoms with Gasteiger partial charge in [-0.1, -0.05) is 18.5 Å². The molecular formula is C16H20ClNO4. The monoisotopic (exact) mass is 325 g/mol. The largest absolute Gasteiger partial charge is 0.482 e. The van der Waals surface area contributed by atoms with Crippen LogP contribution in [0.1, 0.15) is 19.8 Å². The van der Waals surface area contributed by atoms with Crippen LogP contribution in [0.5, 0.6) is 5.75 Å². The number of esters is 1. The molecule has 0 spiro atoms. The van der Waals surface area contributed by atoms with Gasteiger partial charge in [0.05, 0.1) is 0 Å². The molecule has 1 fully saturated rings. The zero-order valence-corrected chi connectivity index (χ0v) is 13.3. The SMILES string of the molecule is C[C@H]1CCCN(C(=O)COC(=O)COc2ccc(Cl)cc2)C1. The Morgan fingerprint density at radius 1 is 1.27 bits per heavy atom. The van der Waals surface area contributed by atoms with Crippen molar-refractivity contribution in [3.63, 3.8) is 0 Å². The molecule has 2 rings (SSSR count). The molecule has 0 aromatic heterocycles. The lowest BCUT2D eigenvalue weighted by Crippen LogP contribution is -2.41. The van der Waals surface area contributed by atoms with Crippen LogP contribution in [-0.2, 0) is 14.3 Å². The number of piperidine rings is 1. The van der Waals surface area contributed by atoms with Gasteiger partial charge >= 0.3 is 5.97 Å². The number of carbonyl (C=O) groups is 2. The van der Waals surface area contributed by atoms with Crippen LogP contribution in [-0.4, -0.2) is 43.1 Å². The molecule has 0 saturated carbocycles. The Hall–Kier alpha value is -1.75. The second-order valence-corrected chi connectivity index (χ2v) is 5.93. The number of carbonyl (C=O) groups excluding carboxylic acids is 2. The normalized spacial score (nSPS) is 17.9. The molecule has 0 bridgehead atoms. The molecule has 1 amide bonds. The Balaban J connectivity index is 1.68. The maximum Gasteiger partial charge on any atom is 0.344 e. The number of amides is 1. The summed E-state index contributed by atoms with van der Waals surface area (Å²) in [6, 6.07) is 6.66. The molecule has 22 heavy (non-hydrogen) atoms. The fraction of sp³-hybridized carbons (Fsp3) is 0.500.